The van der Waals surface area contributed by atoms with Gasteiger partial charge in [-0.25, -0.2) is 14.4 Å². The third-order valence-electron chi connectivity index (χ3n) is 5.55. The summed E-state index contributed by atoms with van der Waals surface area (Å²) in [5, 5.41) is 17.2. The van der Waals surface area contributed by atoms with E-state index in [9.17, 15) is 18.3 Å². The maximum absolute atomic E-state index is 15.5. The summed E-state index contributed by atoms with van der Waals surface area (Å²) in [4.78, 5) is 9.92. The van der Waals surface area contributed by atoms with Crippen LogP contribution in [0.3, 0.4) is 0 Å². The maximum atomic E-state index is 15.5. The van der Waals surface area contributed by atoms with E-state index >= 15 is 4.39 Å². The van der Waals surface area contributed by atoms with Gasteiger partial charge in [-0.2, -0.15) is 18.3 Å². The summed E-state index contributed by atoms with van der Waals surface area (Å²) in [5.41, 5.74) is -2.72. The average Bonchev–Trinajstić information content (AvgIpc) is 3.12. The summed E-state index contributed by atoms with van der Waals surface area (Å²) in [5.74, 6) is 0.229. The molecule has 3 aromatic heterocycles. The number of rotatable bonds is 4. The molecule has 1 aliphatic rings. The van der Waals surface area contributed by atoms with E-state index in [4.69, 9.17) is 0 Å². The summed E-state index contributed by atoms with van der Waals surface area (Å²) in [6.45, 7) is 3.86. The van der Waals surface area contributed by atoms with Crippen LogP contribution < -0.4 is 4.90 Å². The Morgan fingerprint density at radius 1 is 1.32 bits per heavy atom. The van der Waals surface area contributed by atoms with Gasteiger partial charge in [0.05, 0.1) is 23.9 Å². The van der Waals surface area contributed by atoms with Gasteiger partial charge in [-0.3, -0.25) is 5.10 Å². The van der Waals surface area contributed by atoms with Crippen molar-refractivity contribution < 1.29 is 25.5 Å². The minimum absolute atomic E-state index is 0. The normalized spacial score (nSPS) is 22.5. The van der Waals surface area contributed by atoms with Gasteiger partial charge in [0.25, 0.3) is 0 Å². The van der Waals surface area contributed by atoms with Crippen LogP contribution in [0.15, 0.2) is 30.5 Å². The quantitative estimate of drug-likeness (QED) is 0.566. The smallest absolute Gasteiger partial charge is 0.390 e. The lowest BCUT2D eigenvalue weighted by Crippen LogP contribution is -2.55. The van der Waals surface area contributed by atoms with Crippen molar-refractivity contribution in [2.24, 2.45) is 5.92 Å². The Hall–Kier alpha value is -2.75. The number of anilines is 1. The topological polar surface area (TPSA) is 77.9 Å². The largest absolute Gasteiger partial charge is 0.418 e. The molecule has 4 rings (SSSR count). The van der Waals surface area contributed by atoms with E-state index in [1.165, 1.54) is 12.3 Å². The number of piperidine rings is 1. The van der Waals surface area contributed by atoms with E-state index in [1.807, 2.05) is 13.8 Å². The molecule has 1 fully saturated rings. The lowest BCUT2D eigenvalue weighted by Gasteiger charge is -2.42. The fourth-order valence-electron chi connectivity index (χ4n) is 4.19. The van der Waals surface area contributed by atoms with Gasteiger partial charge in [-0.05, 0) is 43.0 Å². The van der Waals surface area contributed by atoms with Crippen molar-refractivity contribution in [3.63, 3.8) is 0 Å². The first-order chi connectivity index (χ1) is 14.6. The van der Waals surface area contributed by atoms with Gasteiger partial charge >= 0.3 is 6.18 Å². The van der Waals surface area contributed by atoms with Crippen LogP contribution in [-0.2, 0) is 6.18 Å². The fourth-order valence-corrected chi connectivity index (χ4v) is 4.19. The second-order valence-electron chi connectivity index (χ2n) is 8.40. The molecule has 170 valence electrons. The molecule has 4 heterocycles. The van der Waals surface area contributed by atoms with Gasteiger partial charge in [0.2, 0.25) is 0 Å². The van der Waals surface area contributed by atoms with Crippen LogP contribution in [0, 0.1) is 5.92 Å². The third-order valence-corrected chi connectivity index (χ3v) is 5.55. The van der Waals surface area contributed by atoms with Crippen LogP contribution in [0.1, 0.15) is 35.1 Å². The lowest BCUT2D eigenvalue weighted by atomic mass is 9.84. The summed E-state index contributed by atoms with van der Waals surface area (Å²) >= 11 is 0. The van der Waals surface area contributed by atoms with Crippen molar-refractivity contribution >= 4 is 16.9 Å². The van der Waals surface area contributed by atoms with E-state index in [1.54, 1.807) is 17.0 Å². The van der Waals surface area contributed by atoms with Crippen LogP contribution >= 0.6 is 0 Å². The molecule has 1 unspecified atom stereocenters. The third kappa shape index (κ3) is 4.08. The molecular weight excluding hydrogens is 414 g/mol. The number of hydrogen-bond acceptors (Lipinski definition) is 5. The molecular formula is C21H27F4N5O. The number of aromatic amines is 1. The molecule has 10 heteroatoms. The zero-order valence-electron chi connectivity index (χ0n) is 17.1. The van der Waals surface area contributed by atoms with Crippen LogP contribution in [-0.4, -0.2) is 50.1 Å². The monoisotopic (exact) mass is 441 g/mol. The van der Waals surface area contributed by atoms with Crippen LogP contribution in [0.5, 0.6) is 0 Å². The van der Waals surface area contributed by atoms with Crippen molar-refractivity contribution in [2.75, 3.05) is 18.0 Å². The first-order valence-electron chi connectivity index (χ1n) is 10.1. The number of pyridine rings is 2. The fraction of sp³-hybridized carbons (Fsp3) is 0.476. The summed E-state index contributed by atoms with van der Waals surface area (Å²) in [7, 11) is 0. The molecule has 0 radical (unpaired) electrons. The van der Waals surface area contributed by atoms with Crippen molar-refractivity contribution in [3.8, 4) is 11.4 Å². The number of H-pyrrole nitrogens is 1. The van der Waals surface area contributed by atoms with Gasteiger partial charge < -0.3 is 10.0 Å². The van der Waals surface area contributed by atoms with Gasteiger partial charge in [-0.1, -0.05) is 13.8 Å². The molecule has 0 aliphatic carbocycles. The molecule has 0 aromatic carbocycles. The van der Waals surface area contributed by atoms with E-state index in [0.29, 0.717) is 5.39 Å². The summed E-state index contributed by atoms with van der Waals surface area (Å²) in [6, 6.07) is 5.42. The van der Waals surface area contributed by atoms with Crippen molar-refractivity contribution in [1.82, 2.24) is 20.2 Å². The highest BCUT2D eigenvalue weighted by Gasteiger charge is 2.44. The molecule has 1 aliphatic heterocycles. The second kappa shape index (κ2) is 7.74. The minimum atomic E-state index is -4.64. The average molecular weight is 441 g/mol. The number of fused-ring (bicyclic) bond motifs is 1. The summed E-state index contributed by atoms with van der Waals surface area (Å²) < 4.78 is 56.7. The first-order valence-corrected chi connectivity index (χ1v) is 10.1. The molecule has 2 atom stereocenters. The predicted molar refractivity (Wildman–Crippen MR) is 112 cm³/mol. The van der Waals surface area contributed by atoms with Gasteiger partial charge in [0.1, 0.15) is 11.5 Å². The Morgan fingerprint density at radius 3 is 2.81 bits per heavy atom. The number of nitrogens with one attached hydrogen (secondary N) is 1. The van der Waals surface area contributed by atoms with E-state index in [2.05, 4.69) is 20.2 Å². The molecule has 0 spiro atoms. The van der Waals surface area contributed by atoms with Crippen LogP contribution in [0.4, 0.5) is 23.4 Å². The Morgan fingerprint density at radius 2 is 2.10 bits per heavy atom. The molecule has 2 N–H and O–H groups in total. The van der Waals surface area contributed by atoms with Crippen molar-refractivity contribution in [3.05, 3.63) is 36.0 Å². The first kappa shape index (κ1) is 21.5. The number of aromatic nitrogens is 4. The number of aliphatic hydroxyl groups is 1. The highest BCUT2D eigenvalue weighted by molar-refractivity contribution is 5.90. The number of halogens is 4. The van der Waals surface area contributed by atoms with E-state index in [0.717, 1.165) is 6.07 Å². The minimum Gasteiger partial charge on any atom is -0.390 e. The zero-order chi connectivity index (χ0) is 22.4. The number of nitrogens with zero attached hydrogens (tertiary/aromatic N) is 4. The second-order valence-corrected chi connectivity index (χ2v) is 8.40. The van der Waals surface area contributed by atoms with E-state index in [-0.39, 0.29) is 57.6 Å². The Balaban J connectivity index is 0.00000193. The van der Waals surface area contributed by atoms with Crippen molar-refractivity contribution in [2.45, 2.75) is 44.6 Å². The number of hydrogen-bond donors (Lipinski definition) is 2. The molecule has 6 nitrogen and oxygen atoms in total. The molecule has 0 amide bonds. The predicted octanol–water partition coefficient (Wildman–Crippen LogP) is 4.86. The Labute approximate surface area is 179 Å². The van der Waals surface area contributed by atoms with Gasteiger partial charge in [0.15, 0.2) is 11.3 Å². The van der Waals surface area contributed by atoms with Gasteiger partial charge in [-0.15, -0.1) is 0 Å². The molecule has 1 saturated heterocycles. The maximum Gasteiger partial charge on any atom is 0.418 e. The highest BCUT2D eigenvalue weighted by atomic mass is 19.4. The Kier molecular flexibility index (Phi) is 5.36. The number of aliphatic hydroxyl groups excluding tert-OH is 1. The molecule has 3 aromatic rings. The Bertz CT molecular complexity index is 1090. The molecule has 31 heavy (non-hydrogen) atoms. The van der Waals surface area contributed by atoms with Crippen LogP contribution in [0.25, 0.3) is 22.4 Å². The molecule has 0 bridgehead atoms. The highest BCUT2D eigenvalue weighted by Crippen LogP contribution is 2.40. The lowest BCUT2D eigenvalue weighted by molar-refractivity contribution is -0.137. The SMILES string of the molecule is CC(C)C[C@@]1(F)CN(c2ccc(C(F)(F)F)c(-c3[nH]nc4ncccc34)n2)CCC1O.[HH].[HH]. The van der Waals surface area contributed by atoms with Crippen LogP contribution in [0.2, 0.25) is 0 Å². The van der Waals surface area contributed by atoms with E-state index < -0.39 is 23.5 Å². The zero-order valence-corrected chi connectivity index (χ0v) is 17.1. The standard InChI is InChI=1S/C21H23F4N5O.2H2/c1-12(2)10-20(22)11-30(9-7-15(20)31)16-6-5-14(21(23,24)25)18(27-16)17-13-4-3-8-26-19(13)29-28-17;;/h3-6,8,12,15,31H,7,9-11H2,1-2H3,(H,26,28,29);2*1H/t15?,20-;;/m1../s1. The van der Waals surface area contributed by atoms with Gasteiger partial charge in [0, 0.05) is 21.0 Å². The summed E-state index contributed by atoms with van der Waals surface area (Å²) in [6.07, 6.45) is -3.95. The number of alkyl halides is 4. The van der Waals surface area contributed by atoms with Crippen molar-refractivity contribution in [1.29, 1.82) is 0 Å². The molecule has 0 saturated carbocycles.